The van der Waals surface area contributed by atoms with Gasteiger partial charge in [-0.15, -0.1) is 0 Å². The van der Waals surface area contributed by atoms with Gasteiger partial charge in [0.15, 0.2) is 6.10 Å². The van der Waals surface area contributed by atoms with E-state index in [0.717, 1.165) is 32.1 Å². The third kappa shape index (κ3) is 40.4. The van der Waals surface area contributed by atoms with Crippen molar-refractivity contribution in [2.45, 2.75) is 232 Å². The third-order valence-corrected chi connectivity index (χ3v) is 10.9. The minimum atomic E-state index is -4.37. The zero-order chi connectivity index (χ0) is 39.6. The largest absolute Gasteiger partial charge is 0.472 e. The maximum atomic E-state index is 12.6. The fourth-order valence-corrected chi connectivity index (χ4v) is 7.28. The number of carbonyl (C=O) groups is 2. The zero-order valence-electron chi connectivity index (χ0n) is 35.2. The summed E-state index contributed by atoms with van der Waals surface area (Å²) in [5.74, 6) is -0.819. The number of hydrogen-bond donors (Lipinski definition) is 2. The Balaban J connectivity index is 4.05. The summed E-state index contributed by atoms with van der Waals surface area (Å²) in [7, 11) is -4.37. The Kier molecular flexibility index (Phi) is 40.4. The predicted molar refractivity (Wildman–Crippen MR) is 224 cm³/mol. The molecule has 0 aliphatic rings. The first-order valence-corrected chi connectivity index (χ1v) is 24.2. The van der Waals surface area contributed by atoms with E-state index in [9.17, 15) is 19.0 Å². The lowest BCUT2D eigenvalue weighted by Crippen LogP contribution is -2.29. The average Bonchev–Trinajstić information content (AvgIpc) is 3.16. The van der Waals surface area contributed by atoms with Gasteiger partial charge in [-0.25, -0.2) is 4.57 Å². The fourth-order valence-electron chi connectivity index (χ4n) is 6.51. The van der Waals surface area contributed by atoms with Crippen LogP contribution in [0, 0.1) is 0 Å². The predicted octanol–water partition coefficient (Wildman–Crippen LogP) is 13.0. The topological polar surface area (TPSA) is 134 Å². The van der Waals surface area contributed by atoms with E-state index in [1.807, 2.05) is 0 Å². The van der Waals surface area contributed by atoms with E-state index in [1.54, 1.807) is 0 Å². The molecule has 320 valence electrons. The lowest BCUT2D eigenvalue weighted by molar-refractivity contribution is -0.161. The zero-order valence-corrected chi connectivity index (χ0v) is 36.1. The highest BCUT2D eigenvalue weighted by molar-refractivity contribution is 7.47. The Labute approximate surface area is 332 Å². The van der Waals surface area contributed by atoms with Crippen LogP contribution in [0.25, 0.3) is 0 Å². The molecule has 0 saturated carbocycles. The van der Waals surface area contributed by atoms with Crippen LogP contribution in [0.2, 0.25) is 0 Å². The number of hydrogen-bond acceptors (Lipinski definition) is 8. The molecule has 0 aliphatic heterocycles. The number of allylic oxidation sites excluding steroid dienone is 2. The molecule has 0 spiro atoms. The Morgan fingerprint density at radius 2 is 0.907 bits per heavy atom. The van der Waals surface area contributed by atoms with Crippen LogP contribution in [0.4, 0.5) is 0 Å². The Morgan fingerprint density at radius 3 is 1.31 bits per heavy atom. The number of rotatable bonds is 43. The minimum Gasteiger partial charge on any atom is -0.462 e. The van der Waals surface area contributed by atoms with Crippen molar-refractivity contribution >= 4 is 19.8 Å². The van der Waals surface area contributed by atoms with Gasteiger partial charge >= 0.3 is 19.8 Å². The lowest BCUT2D eigenvalue weighted by atomic mass is 10.0. The summed E-state index contributed by atoms with van der Waals surface area (Å²) in [4.78, 5) is 34.9. The first-order chi connectivity index (χ1) is 26.3. The number of nitrogens with two attached hydrogens (primary N) is 1. The van der Waals surface area contributed by atoms with E-state index in [1.165, 1.54) is 161 Å². The highest BCUT2D eigenvalue weighted by atomic mass is 31.2. The summed E-state index contributed by atoms with van der Waals surface area (Å²) in [6, 6.07) is 0. The molecule has 2 unspecified atom stereocenters. The molecule has 0 heterocycles. The van der Waals surface area contributed by atoms with Gasteiger partial charge in [-0.3, -0.25) is 18.6 Å². The van der Waals surface area contributed by atoms with Crippen LogP contribution in [-0.2, 0) is 32.7 Å². The van der Waals surface area contributed by atoms with E-state index >= 15 is 0 Å². The highest BCUT2D eigenvalue weighted by Gasteiger charge is 2.26. The van der Waals surface area contributed by atoms with Crippen molar-refractivity contribution in [3.05, 3.63) is 12.2 Å². The molecule has 0 bridgehead atoms. The van der Waals surface area contributed by atoms with Crippen molar-refractivity contribution in [3.8, 4) is 0 Å². The third-order valence-electron chi connectivity index (χ3n) is 9.90. The molecule has 0 aromatic heterocycles. The van der Waals surface area contributed by atoms with Crippen LogP contribution in [0.3, 0.4) is 0 Å². The molecular weight excluding hydrogens is 701 g/mol. The molecule has 10 heteroatoms. The monoisotopic (exact) mass is 788 g/mol. The molecule has 54 heavy (non-hydrogen) atoms. The van der Waals surface area contributed by atoms with Gasteiger partial charge in [-0.2, -0.15) is 0 Å². The van der Waals surface area contributed by atoms with Crippen LogP contribution >= 0.6 is 7.82 Å². The molecule has 0 saturated heterocycles. The molecule has 0 radical (unpaired) electrons. The van der Waals surface area contributed by atoms with Gasteiger partial charge in [0.1, 0.15) is 6.61 Å². The number of phosphoric ester groups is 1. The van der Waals surface area contributed by atoms with Crippen molar-refractivity contribution in [1.29, 1.82) is 0 Å². The summed E-state index contributed by atoms with van der Waals surface area (Å²) < 4.78 is 32.8. The molecule has 0 rings (SSSR count). The smallest absolute Gasteiger partial charge is 0.462 e. The van der Waals surface area contributed by atoms with Crippen LogP contribution in [-0.4, -0.2) is 49.3 Å². The van der Waals surface area contributed by atoms with Crippen molar-refractivity contribution in [3.63, 3.8) is 0 Å². The van der Waals surface area contributed by atoms with E-state index in [4.69, 9.17) is 24.3 Å². The number of unbranched alkanes of at least 4 members (excludes halogenated alkanes) is 28. The number of carbonyl (C=O) groups excluding carboxylic acids is 2. The summed E-state index contributed by atoms with van der Waals surface area (Å²) in [6.07, 6.45) is 42.4. The molecule has 2 atom stereocenters. The summed E-state index contributed by atoms with van der Waals surface area (Å²) in [5, 5.41) is 0. The van der Waals surface area contributed by atoms with Gasteiger partial charge in [0.2, 0.25) is 0 Å². The van der Waals surface area contributed by atoms with Crippen molar-refractivity contribution in [2.75, 3.05) is 26.4 Å². The van der Waals surface area contributed by atoms with E-state index < -0.39 is 26.5 Å². The minimum absolute atomic E-state index is 0.0563. The SMILES string of the molecule is CCCCCCCCC=CCCCCCCCCCCCCCC(=O)OC(COC(=O)CCCCCCCCCCCCCC)COP(=O)(O)OCCN. The van der Waals surface area contributed by atoms with E-state index in [0.29, 0.717) is 6.42 Å². The second kappa shape index (κ2) is 41.4. The maximum Gasteiger partial charge on any atom is 0.472 e. The Bertz CT molecular complexity index is 902. The van der Waals surface area contributed by atoms with Crippen molar-refractivity contribution in [2.24, 2.45) is 5.73 Å². The fraction of sp³-hybridized carbons (Fsp3) is 0.909. The summed E-state index contributed by atoms with van der Waals surface area (Å²) in [5.41, 5.74) is 5.35. The van der Waals surface area contributed by atoms with Gasteiger partial charge in [0.25, 0.3) is 0 Å². The molecule has 0 aromatic carbocycles. The molecule has 0 aromatic rings. The normalized spacial score (nSPS) is 13.3. The Hall–Kier alpha value is -1.25. The van der Waals surface area contributed by atoms with Gasteiger partial charge in [-0.05, 0) is 38.5 Å². The van der Waals surface area contributed by atoms with Crippen LogP contribution in [0.5, 0.6) is 0 Å². The van der Waals surface area contributed by atoms with Gasteiger partial charge in [-0.1, -0.05) is 187 Å². The molecular formula is C44H86NO8P. The summed E-state index contributed by atoms with van der Waals surface area (Å²) >= 11 is 0. The summed E-state index contributed by atoms with van der Waals surface area (Å²) in [6.45, 7) is 3.75. The lowest BCUT2D eigenvalue weighted by Gasteiger charge is -2.19. The van der Waals surface area contributed by atoms with Gasteiger partial charge < -0.3 is 20.1 Å². The standard InChI is InChI=1S/C44H86NO8P/c1-3-5-7-9-11-13-15-17-18-19-20-21-22-23-24-25-27-29-31-33-35-37-44(47)53-42(41-52-54(48,49)51-39-38-45)40-50-43(46)36-34-32-30-28-26-16-14-12-10-8-6-4-2/h17-18,42H,3-16,19-41,45H2,1-2H3,(H,48,49). The van der Waals surface area contributed by atoms with E-state index in [-0.39, 0.29) is 38.6 Å². The second-order valence-corrected chi connectivity index (χ2v) is 16.7. The number of phosphoric acid groups is 1. The number of esters is 2. The van der Waals surface area contributed by atoms with Gasteiger partial charge in [0.05, 0.1) is 13.2 Å². The van der Waals surface area contributed by atoms with Crippen molar-refractivity contribution < 1.29 is 37.6 Å². The first kappa shape index (κ1) is 52.8. The molecule has 0 fully saturated rings. The van der Waals surface area contributed by atoms with Crippen molar-refractivity contribution in [1.82, 2.24) is 0 Å². The molecule has 0 aliphatic carbocycles. The maximum absolute atomic E-state index is 12.6. The first-order valence-electron chi connectivity index (χ1n) is 22.7. The highest BCUT2D eigenvalue weighted by Crippen LogP contribution is 2.43. The Morgan fingerprint density at radius 1 is 0.537 bits per heavy atom. The number of ether oxygens (including phenoxy) is 2. The van der Waals surface area contributed by atoms with Crippen LogP contribution < -0.4 is 5.73 Å². The second-order valence-electron chi connectivity index (χ2n) is 15.3. The molecule has 0 amide bonds. The molecule has 3 N–H and O–H groups in total. The van der Waals surface area contributed by atoms with E-state index in [2.05, 4.69) is 26.0 Å². The van der Waals surface area contributed by atoms with Crippen LogP contribution in [0.1, 0.15) is 226 Å². The quantitative estimate of drug-likeness (QED) is 0.0268. The average molecular weight is 788 g/mol. The molecule has 9 nitrogen and oxygen atoms in total. The van der Waals surface area contributed by atoms with Gasteiger partial charge in [0, 0.05) is 19.4 Å². The van der Waals surface area contributed by atoms with Crippen LogP contribution in [0.15, 0.2) is 12.2 Å².